The number of aliphatic hydroxyl groups is 1. The Bertz CT molecular complexity index is 198. The maximum absolute atomic E-state index is 9.77. The molecular weight excluding hydrogens is 162 g/mol. The lowest BCUT2D eigenvalue weighted by Crippen LogP contribution is -2.56. The van der Waals surface area contributed by atoms with Crippen LogP contribution >= 0.6 is 0 Å². The Morgan fingerprint density at radius 1 is 1.00 bits per heavy atom. The molecule has 0 aromatic rings. The third-order valence-corrected chi connectivity index (χ3v) is 4.68. The lowest BCUT2D eigenvalue weighted by molar-refractivity contribution is -0.0441. The molecule has 5 atom stereocenters. The molecule has 2 saturated heterocycles. The zero-order valence-electron chi connectivity index (χ0n) is 8.32. The molecule has 1 unspecified atom stereocenters. The zero-order valence-corrected chi connectivity index (χ0v) is 8.32. The van der Waals surface area contributed by atoms with Crippen molar-refractivity contribution in [3.63, 3.8) is 0 Å². The Kier molecular flexibility index (Phi) is 1.72. The average molecular weight is 181 g/mol. The first-order valence-corrected chi connectivity index (χ1v) is 5.65. The average Bonchev–Trinajstić information content (AvgIpc) is 2.52. The molecule has 1 N–H and O–H groups in total. The third kappa shape index (κ3) is 1.08. The summed E-state index contributed by atoms with van der Waals surface area (Å²) in [6.45, 7) is 0. The van der Waals surface area contributed by atoms with Gasteiger partial charge in [0.05, 0.1) is 6.10 Å². The first kappa shape index (κ1) is 8.25. The highest BCUT2D eigenvalue weighted by molar-refractivity contribution is 5.02. The summed E-state index contributed by atoms with van der Waals surface area (Å²) in [5, 5.41) is 9.77. The number of hydrogen-bond donors (Lipinski definition) is 1. The van der Waals surface area contributed by atoms with E-state index in [9.17, 15) is 5.11 Å². The van der Waals surface area contributed by atoms with Crippen molar-refractivity contribution in [2.45, 2.75) is 50.3 Å². The molecule has 4 bridgehead atoms. The molecule has 13 heavy (non-hydrogen) atoms. The summed E-state index contributed by atoms with van der Waals surface area (Å²) in [6.07, 6.45) is 6.35. The molecule has 2 heteroatoms. The van der Waals surface area contributed by atoms with Crippen molar-refractivity contribution in [2.75, 3.05) is 7.05 Å². The summed E-state index contributed by atoms with van der Waals surface area (Å²) in [7, 11) is 2.27. The Labute approximate surface area is 79.9 Å². The number of aliphatic hydroxyl groups excluding tert-OH is 1. The number of fused-ring (bicyclic) bond motifs is 6. The van der Waals surface area contributed by atoms with Gasteiger partial charge in [0.25, 0.3) is 0 Å². The van der Waals surface area contributed by atoms with Crippen LogP contribution in [-0.4, -0.2) is 35.2 Å². The number of piperidine rings is 2. The zero-order chi connectivity index (χ0) is 9.00. The largest absolute Gasteiger partial charge is 0.393 e. The van der Waals surface area contributed by atoms with E-state index in [0.717, 1.165) is 24.7 Å². The van der Waals surface area contributed by atoms with E-state index in [1.807, 2.05) is 0 Å². The van der Waals surface area contributed by atoms with E-state index in [1.165, 1.54) is 19.3 Å². The fourth-order valence-electron chi connectivity index (χ4n) is 4.03. The topological polar surface area (TPSA) is 23.5 Å². The second-order valence-electron chi connectivity index (χ2n) is 5.26. The fourth-order valence-corrected chi connectivity index (χ4v) is 4.03. The molecule has 2 heterocycles. The Morgan fingerprint density at radius 3 is 2.08 bits per heavy atom. The van der Waals surface area contributed by atoms with Crippen molar-refractivity contribution in [3.8, 4) is 0 Å². The van der Waals surface area contributed by atoms with Gasteiger partial charge in [-0.2, -0.15) is 0 Å². The molecule has 2 nitrogen and oxygen atoms in total. The second-order valence-corrected chi connectivity index (χ2v) is 5.26. The van der Waals surface area contributed by atoms with Crippen LogP contribution in [0.3, 0.4) is 0 Å². The van der Waals surface area contributed by atoms with Crippen LogP contribution < -0.4 is 0 Å². The first-order valence-electron chi connectivity index (χ1n) is 5.65. The number of nitrogens with zero attached hydrogens (tertiary/aromatic N) is 1. The molecule has 1 saturated carbocycles. The normalized spacial score (nSPS) is 55.4. The maximum Gasteiger partial charge on any atom is 0.0570 e. The summed E-state index contributed by atoms with van der Waals surface area (Å²) in [5.41, 5.74) is 0. The minimum absolute atomic E-state index is 0.00500. The molecule has 74 valence electrons. The van der Waals surface area contributed by atoms with Crippen molar-refractivity contribution in [3.05, 3.63) is 0 Å². The van der Waals surface area contributed by atoms with Crippen LogP contribution in [-0.2, 0) is 0 Å². The van der Waals surface area contributed by atoms with Gasteiger partial charge in [0, 0.05) is 12.1 Å². The monoisotopic (exact) mass is 181 g/mol. The van der Waals surface area contributed by atoms with E-state index < -0.39 is 0 Å². The van der Waals surface area contributed by atoms with Gasteiger partial charge in [0.15, 0.2) is 0 Å². The molecule has 1 aliphatic carbocycles. The minimum atomic E-state index is -0.00500. The summed E-state index contributed by atoms with van der Waals surface area (Å²) in [4.78, 5) is 2.57. The van der Waals surface area contributed by atoms with E-state index in [1.54, 1.807) is 0 Å². The quantitative estimate of drug-likeness (QED) is 0.608. The summed E-state index contributed by atoms with van der Waals surface area (Å²) in [5.74, 6) is 1.81. The Balaban J connectivity index is 1.91. The summed E-state index contributed by atoms with van der Waals surface area (Å²) >= 11 is 0. The predicted molar refractivity (Wildman–Crippen MR) is 51.4 cm³/mol. The van der Waals surface area contributed by atoms with Crippen LogP contribution in [0.25, 0.3) is 0 Å². The van der Waals surface area contributed by atoms with Crippen LogP contribution in [0.4, 0.5) is 0 Å². The first-order chi connectivity index (χ1) is 6.25. The van der Waals surface area contributed by atoms with Gasteiger partial charge >= 0.3 is 0 Å². The summed E-state index contributed by atoms with van der Waals surface area (Å²) < 4.78 is 0. The van der Waals surface area contributed by atoms with Crippen LogP contribution in [0, 0.1) is 11.8 Å². The maximum atomic E-state index is 9.77. The van der Waals surface area contributed by atoms with Crippen molar-refractivity contribution < 1.29 is 5.11 Å². The van der Waals surface area contributed by atoms with Gasteiger partial charge in [-0.25, -0.2) is 0 Å². The Morgan fingerprint density at radius 2 is 1.54 bits per heavy atom. The predicted octanol–water partition coefficient (Wildman–Crippen LogP) is 1.24. The molecule has 3 rings (SSSR count). The van der Waals surface area contributed by atoms with Gasteiger partial charge < -0.3 is 5.11 Å². The van der Waals surface area contributed by atoms with Gasteiger partial charge in [-0.05, 0) is 51.0 Å². The molecule has 0 radical (unpaired) electrons. The van der Waals surface area contributed by atoms with Gasteiger partial charge in [-0.15, -0.1) is 0 Å². The van der Waals surface area contributed by atoms with E-state index in [0.29, 0.717) is 12.1 Å². The smallest absolute Gasteiger partial charge is 0.0570 e. The van der Waals surface area contributed by atoms with Crippen LogP contribution in [0.2, 0.25) is 0 Å². The summed E-state index contributed by atoms with van der Waals surface area (Å²) in [6, 6.07) is 1.40. The van der Waals surface area contributed by atoms with Crippen molar-refractivity contribution in [1.29, 1.82) is 0 Å². The highest BCUT2D eigenvalue weighted by Crippen LogP contribution is 2.48. The lowest BCUT2D eigenvalue weighted by atomic mass is 9.76. The molecular formula is C11H19NO. The third-order valence-electron chi connectivity index (χ3n) is 4.68. The standard InChI is InChI=1S/C11H19NO/c1-12-10-5-9(13)6-11(12)8-3-2-7(10)4-8/h7-11,13H,2-6H2,1H3/t7-,8+,9?,10+,11-. The molecule has 0 spiro atoms. The minimum Gasteiger partial charge on any atom is -0.393 e. The highest BCUT2D eigenvalue weighted by Gasteiger charge is 2.48. The van der Waals surface area contributed by atoms with Crippen LogP contribution in [0.5, 0.6) is 0 Å². The fraction of sp³-hybridized carbons (Fsp3) is 1.00. The van der Waals surface area contributed by atoms with Gasteiger partial charge in [0.2, 0.25) is 0 Å². The molecule has 0 amide bonds. The van der Waals surface area contributed by atoms with Crippen molar-refractivity contribution in [1.82, 2.24) is 4.90 Å². The molecule has 3 fully saturated rings. The van der Waals surface area contributed by atoms with Gasteiger partial charge in [0.1, 0.15) is 0 Å². The van der Waals surface area contributed by atoms with Gasteiger partial charge in [-0.1, -0.05) is 0 Å². The van der Waals surface area contributed by atoms with E-state index in [4.69, 9.17) is 0 Å². The molecule has 3 aliphatic rings. The lowest BCUT2D eigenvalue weighted by Gasteiger charge is -2.49. The van der Waals surface area contributed by atoms with E-state index in [-0.39, 0.29) is 6.10 Å². The van der Waals surface area contributed by atoms with E-state index >= 15 is 0 Å². The van der Waals surface area contributed by atoms with Crippen molar-refractivity contribution in [2.24, 2.45) is 11.8 Å². The molecule has 0 aromatic carbocycles. The molecule has 0 aromatic heterocycles. The van der Waals surface area contributed by atoms with Crippen LogP contribution in [0.15, 0.2) is 0 Å². The van der Waals surface area contributed by atoms with E-state index in [2.05, 4.69) is 11.9 Å². The van der Waals surface area contributed by atoms with Crippen molar-refractivity contribution >= 4 is 0 Å². The molecule has 2 aliphatic heterocycles. The number of hydrogen-bond acceptors (Lipinski definition) is 2. The highest BCUT2D eigenvalue weighted by atomic mass is 16.3. The number of rotatable bonds is 0. The Hall–Kier alpha value is -0.0800. The SMILES string of the molecule is CN1[C@@H]2CC(O)C[C@H]1[C@@H]1CC[C@H]2C1. The van der Waals surface area contributed by atoms with Crippen LogP contribution in [0.1, 0.15) is 32.1 Å². The second kappa shape index (κ2) is 2.71. The van der Waals surface area contributed by atoms with Gasteiger partial charge in [-0.3, -0.25) is 4.90 Å².